The number of carbonyl (C=O) groups excluding carboxylic acids is 1. The quantitative estimate of drug-likeness (QED) is 0.250. The molecule has 1 N–H and O–H groups in total. The average molecular weight is 511 g/mol. The van der Waals surface area contributed by atoms with Crippen LogP contribution in [-0.2, 0) is 16.0 Å². The highest BCUT2D eigenvalue weighted by Crippen LogP contribution is 2.39. The van der Waals surface area contributed by atoms with E-state index in [0.717, 1.165) is 38.6 Å². The van der Waals surface area contributed by atoms with Gasteiger partial charge in [0.1, 0.15) is 11.5 Å². The van der Waals surface area contributed by atoms with Gasteiger partial charge in [0.15, 0.2) is 0 Å². The minimum Gasteiger partial charge on any atom is -0.496 e. The molecule has 0 unspecified atom stereocenters. The third-order valence-electron chi connectivity index (χ3n) is 6.54. The molecule has 0 amide bonds. The van der Waals surface area contributed by atoms with Gasteiger partial charge >= 0.3 is 5.97 Å². The second kappa shape index (κ2) is 10.2. The lowest BCUT2D eigenvalue weighted by atomic mass is 9.99. The normalized spacial score (nSPS) is 12.6. The number of aryl methyl sites for hydroxylation is 1. The van der Waals surface area contributed by atoms with Crippen LogP contribution in [0.2, 0.25) is 0 Å². The van der Waals surface area contributed by atoms with Gasteiger partial charge in [-0.25, -0.2) is 0 Å². The van der Waals surface area contributed by atoms with E-state index in [1.165, 1.54) is 6.92 Å². The molecule has 10 nitrogen and oxygen atoms in total. The van der Waals surface area contributed by atoms with E-state index in [4.69, 9.17) is 19.0 Å². The average Bonchev–Trinajstić information content (AvgIpc) is 3.47. The molecule has 0 fully saturated rings. The number of hydrogen-bond donors (Lipinski definition) is 1. The smallest absolute Gasteiger partial charge is 0.302 e. The summed E-state index contributed by atoms with van der Waals surface area (Å²) in [4.78, 5) is 23.2. The molecule has 0 aliphatic rings. The van der Waals surface area contributed by atoms with Crippen molar-refractivity contribution in [2.75, 3.05) is 13.7 Å². The molecule has 3 aromatic heterocycles. The van der Waals surface area contributed by atoms with Gasteiger partial charge < -0.3 is 23.5 Å². The van der Waals surface area contributed by atoms with Gasteiger partial charge in [0.25, 0.3) is 0 Å². The molecular weight excluding hydrogens is 484 g/mol. The molecule has 5 aromatic rings. The summed E-state index contributed by atoms with van der Waals surface area (Å²) in [6.45, 7) is 5.46. The fourth-order valence-corrected chi connectivity index (χ4v) is 4.81. The lowest BCUT2D eigenvalue weighted by molar-refractivity contribution is -0.140. The van der Waals surface area contributed by atoms with E-state index in [1.54, 1.807) is 13.3 Å². The lowest BCUT2D eigenvalue weighted by Crippen LogP contribution is -2.22. The van der Waals surface area contributed by atoms with Crippen LogP contribution in [0.3, 0.4) is 0 Å². The molecule has 38 heavy (non-hydrogen) atoms. The third kappa shape index (κ3) is 4.39. The van der Waals surface area contributed by atoms with Gasteiger partial charge in [-0.1, -0.05) is 35.5 Å². The molecule has 0 radical (unpaired) electrons. The predicted molar refractivity (Wildman–Crippen MR) is 140 cm³/mol. The highest BCUT2D eigenvalue weighted by atomic mass is 16.5. The van der Waals surface area contributed by atoms with Crippen molar-refractivity contribution < 1.29 is 18.8 Å². The highest BCUT2D eigenvalue weighted by molar-refractivity contribution is 6.05. The molecule has 2 aromatic carbocycles. The monoisotopic (exact) mass is 510 g/mol. The van der Waals surface area contributed by atoms with E-state index < -0.39 is 0 Å². The SMILES string of the molecule is COc1cc2c(cc1-c1c(C)noc1CCOC(C)=O)ncc1[nH]/c(=N\C#N)n([C@H](C)c3ccccc3)c12. The highest BCUT2D eigenvalue weighted by Gasteiger charge is 2.22. The maximum Gasteiger partial charge on any atom is 0.302 e. The lowest BCUT2D eigenvalue weighted by Gasteiger charge is -2.17. The van der Waals surface area contributed by atoms with Gasteiger partial charge in [-0.2, -0.15) is 5.26 Å². The Balaban J connectivity index is 1.74. The van der Waals surface area contributed by atoms with E-state index >= 15 is 0 Å². The molecule has 0 saturated carbocycles. The molecule has 0 aliphatic heterocycles. The van der Waals surface area contributed by atoms with Crippen LogP contribution in [0, 0.1) is 18.4 Å². The van der Waals surface area contributed by atoms with Crippen molar-refractivity contribution >= 4 is 27.9 Å². The Hall–Kier alpha value is -4.91. The van der Waals surface area contributed by atoms with Crippen LogP contribution in [0.1, 0.15) is 36.9 Å². The molecule has 10 heteroatoms. The van der Waals surface area contributed by atoms with Crippen molar-refractivity contribution in [3.8, 4) is 23.1 Å². The Morgan fingerprint density at radius 1 is 1.29 bits per heavy atom. The van der Waals surface area contributed by atoms with Crippen LogP contribution < -0.4 is 10.4 Å². The maximum atomic E-state index is 11.2. The number of aromatic nitrogens is 4. The second-order valence-electron chi connectivity index (χ2n) is 8.86. The van der Waals surface area contributed by atoms with Crippen molar-refractivity contribution in [3.05, 3.63) is 71.3 Å². The topological polar surface area (TPSA) is 131 Å². The Morgan fingerprint density at radius 2 is 2.08 bits per heavy atom. The van der Waals surface area contributed by atoms with Crippen molar-refractivity contribution in [1.82, 2.24) is 19.7 Å². The van der Waals surface area contributed by atoms with Crippen LogP contribution in [0.25, 0.3) is 33.1 Å². The summed E-state index contributed by atoms with van der Waals surface area (Å²) in [6.07, 6.45) is 4.01. The van der Waals surface area contributed by atoms with E-state index in [1.807, 2.05) is 60.1 Å². The number of imidazole rings is 1. The van der Waals surface area contributed by atoms with Crippen molar-refractivity contribution in [3.63, 3.8) is 0 Å². The van der Waals surface area contributed by atoms with Crippen molar-refractivity contribution in [2.24, 2.45) is 4.99 Å². The molecular formula is C28H26N6O4. The molecule has 0 saturated heterocycles. The first-order chi connectivity index (χ1) is 18.4. The third-order valence-corrected chi connectivity index (χ3v) is 6.54. The number of nitriles is 1. The second-order valence-corrected chi connectivity index (χ2v) is 8.86. The first-order valence-corrected chi connectivity index (χ1v) is 12.1. The number of benzene rings is 2. The summed E-state index contributed by atoms with van der Waals surface area (Å²) >= 11 is 0. The van der Waals surface area contributed by atoms with E-state index in [2.05, 4.69) is 22.1 Å². The number of rotatable bonds is 7. The molecule has 1 atom stereocenters. The van der Waals surface area contributed by atoms with Crippen LogP contribution >= 0.6 is 0 Å². The van der Waals surface area contributed by atoms with E-state index in [0.29, 0.717) is 29.2 Å². The number of carbonyl (C=O) groups is 1. The van der Waals surface area contributed by atoms with Gasteiger partial charge in [0.05, 0.1) is 53.8 Å². The first-order valence-electron chi connectivity index (χ1n) is 12.1. The number of H-pyrrole nitrogens is 1. The summed E-state index contributed by atoms with van der Waals surface area (Å²) in [6, 6.07) is 13.8. The molecule has 5 rings (SSSR count). The van der Waals surface area contributed by atoms with Gasteiger partial charge in [0, 0.05) is 24.3 Å². The Kier molecular flexibility index (Phi) is 6.66. The van der Waals surface area contributed by atoms with Gasteiger partial charge in [-0.15, -0.1) is 4.99 Å². The van der Waals surface area contributed by atoms with Gasteiger partial charge in [-0.3, -0.25) is 9.78 Å². The number of hydrogen-bond acceptors (Lipinski definition) is 8. The van der Waals surface area contributed by atoms with Crippen LogP contribution in [-0.4, -0.2) is 39.4 Å². The van der Waals surface area contributed by atoms with Crippen LogP contribution in [0.5, 0.6) is 5.75 Å². The number of ether oxygens (including phenoxy) is 2. The largest absolute Gasteiger partial charge is 0.496 e. The minimum absolute atomic E-state index is 0.124. The number of nitrogens with zero attached hydrogens (tertiary/aromatic N) is 5. The molecule has 0 bridgehead atoms. The number of fused-ring (bicyclic) bond motifs is 3. The van der Waals surface area contributed by atoms with Gasteiger partial charge in [-0.05, 0) is 31.5 Å². The number of aromatic amines is 1. The first kappa shape index (κ1) is 24.8. The number of methoxy groups -OCH3 is 1. The Bertz CT molecular complexity index is 1760. The standard InChI is InChI=1S/C28H26N6O4/c1-16-26(24(38-33-16)10-11-37-18(3)35)21-12-22-20(13-25(21)36-4)27-23(14-30-22)32-28(31-15-29)34(27)17(2)19-8-6-5-7-9-19/h5-9,12-14,17H,10-11H2,1-4H3,(H,31,32)/t17-/m1/s1. The fourth-order valence-electron chi connectivity index (χ4n) is 4.81. The van der Waals surface area contributed by atoms with Crippen LogP contribution in [0.15, 0.2) is 58.2 Å². The molecule has 0 aliphatic carbocycles. The number of nitrogens with one attached hydrogen (secondary N) is 1. The Labute approximate surface area is 218 Å². The zero-order valence-corrected chi connectivity index (χ0v) is 21.5. The molecule has 192 valence electrons. The fraction of sp³-hybridized carbons (Fsp3) is 0.250. The minimum atomic E-state index is -0.355. The van der Waals surface area contributed by atoms with Crippen molar-refractivity contribution in [2.45, 2.75) is 33.2 Å². The zero-order chi connectivity index (χ0) is 26.8. The Morgan fingerprint density at radius 3 is 2.79 bits per heavy atom. The number of pyridine rings is 1. The predicted octanol–water partition coefficient (Wildman–Crippen LogP) is 4.59. The summed E-state index contributed by atoms with van der Waals surface area (Å²) in [5.74, 6) is 0.837. The maximum absolute atomic E-state index is 11.2. The summed E-state index contributed by atoms with van der Waals surface area (Å²) in [7, 11) is 1.60. The van der Waals surface area contributed by atoms with E-state index in [9.17, 15) is 10.1 Å². The molecule has 0 spiro atoms. The summed E-state index contributed by atoms with van der Waals surface area (Å²) in [5, 5.41) is 14.4. The van der Waals surface area contributed by atoms with Crippen LogP contribution in [0.4, 0.5) is 0 Å². The summed E-state index contributed by atoms with van der Waals surface area (Å²) < 4.78 is 18.5. The van der Waals surface area contributed by atoms with Crippen molar-refractivity contribution in [1.29, 1.82) is 5.26 Å². The zero-order valence-electron chi connectivity index (χ0n) is 21.5. The summed E-state index contributed by atoms with van der Waals surface area (Å²) in [5.41, 5.74) is 6.04. The molecule has 3 heterocycles. The van der Waals surface area contributed by atoms with Gasteiger partial charge in [0.2, 0.25) is 11.8 Å². The van der Waals surface area contributed by atoms with E-state index in [-0.39, 0.29) is 18.6 Å². The number of esters is 1.